The number of thiazole rings is 1. The van der Waals surface area contributed by atoms with Crippen LogP contribution in [0.5, 0.6) is 0 Å². The SMILES string of the molecule is COCCCNC(=O)Nc1ccc2sc(NS(=O)(=O)c3ccccc3)nc2c1. The van der Waals surface area contributed by atoms with E-state index in [1.165, 1.54) is 23.5 Å². The molecular weight excluding hydrogens is 400 g/mol. The third kappa shape index (κ3) is 5.18. The summed E-state index contributed by atoms with van der Waals surface area (Å²) < 4.78 is 33.1. The first-order valence-electron chi connectivity index (χ1n) is 8.50. The monoisotopic (exact) mass is 420 g/mol. The van der Waals surface area contributed by atoms with Gasteiger partial charge in [0.15, 0.2) is 5.13 Å². The van der Waals surface area contributed by atoms with Gasteiger partial charge in [-0.15, -0.1) is 0 Å². The third-order valence-corrected chi connectivity index (χ3v) is 6.17. The van der Waals surface area contributed by atoms with Crippen LogP contribution in [0.2, 0.25) is 0 Å². The second kappa shape index (κ2) is 9.00. The van der Waals surface area contributed by atoms with E-state index in [1.54, 1.807) is 43.5 Å². The molecule has 3 aromatic rings. The quantitative estimate of drug-likeness (QED) is 0.485. The Bertz CT molecular complexity index is 1050. The molecule has 0 atom stereocenters. The van der Waals surface area contributed by atoms with Crippen molar-refractivity contribution in [2.45, 2.75) is 11.3 Å². The number of carbonyl (C=O) groups is 1. The molecule has 0 unspecified atom stereocenters. The summed E-state index contributed by atoms with van der Waals surface area (Å²) in [5, 5.41) is 5.72. The Hall–Kier alpha value is -2.69. The van der Waals surface area contributed by atoms with Gasteiger partial charge in [-0.3, -0.25) is 4.72 Å². The van der Waals surface area contributed by atoms with Crippen LogP contribution in [-0.4, -0.2) is 39.7 Å². The summed E-state index contributed by atoms with van der Waals surface area (Å²) in [6.45, 7) is 1.08. The van der Waals surface area contributed by atoms with Gasteiger partial charge in [-0.1, -0.05) is 29.5 Å². The van der Waals surface area contributed by atoms with Crippen LogP contribution in [0.15, 0.2) is 53.4 Å². The average Bonchev–Trinajstić information content (AvgIpc) is 3.06. The summed E-state index contributed by atoms with van der Waals surface area (Å²) in [6.07, 6.45) is 0.722. The topological polar surface area (TPSA) is 109 Å². The Morgan fingerprint density at radius 2 is 1.96 bits per heavy atom. The number of hydrogen-bond acceptors (Lipinski definition) is 6. The van der Waals surface area contributed by atoms with Gasteiger partial charge in [0.2, 0.25) is 0 Å². The fourth-order valence-corrected chi connectivity index (χ4v) is 4.52. The van der Waals surface area contributed by atoms with Gasteiger partial charge in [0.25, 0.3) is 10.0 Å². The van der Waals surface area contributed by atoms with E-state index in [1.807, 2.05) is 0 Å². The van der Waals surface area contributed by atoms with E-state index in [-0.39, 0.29) is 16.1 Å². The van der Waals surface area contributed by atoms with Gasteiger partial charge in [0.05, 0.1) is 15.1 Å². The van der Waals surface area contributed by atoms with Crippen LogP contribution in [0.3, 0.4) is 0 Å². The van der Waals surface area contributed by atoms with Crippen molar-refractivity contribution in [2.24, 2.45) is 0 Å². The molecule has 0 saturated heterocycles. The van der Waals surface area contributed by atoms with Gasteiger partial charge in [-0.2, -0.15) is 0 Å². The van der Waals surface area contributed by atoms with Crippen molar-refractivity contribution in [2.75, 3.05) is 30.3 Å². The first kappa shape index (κ1) is 20.1. The lowest BCUT2D eigenvalue weighted by atomic mass is 10.3. The highest BCUT2D eigenvalue weighted by Crippen LogP contribution is 2.29. The maximum Gasteiger partial charge on any atom is 0.319 e. The highest BCUT2D eigenvalue weighted by molar-refractivity contribution is 7.93. The fraction of sp³-hybridized carbons (Fsp3) is 0.222. The zero-order chi connectivity index (χ0) is 20.0. The molecule has 2 amide bonds. The van der Waals surface area contributed by atoms with Crippen LogP contribution in [0.25, 0.3) is 10.2 Å². The molecule has 3 N–H and O–H groups in total. The molecule has 0 aliphatic rings. The first-order valence-corrected chi connectivity index (χ1v) is 10.8. The number of nitrogens with zero attached hydrogens (tertiary/aromatic N) is 1. The molecular formula is C18H20N4O4S2. The van der Waals surface area contributed by atoms with Crippen molar-refractivity contribution in [1.82, 2.24) is 10.3 Å². The number of nitrogens with one attached hydrogen (secondary N) is 3. The maximum absolute atomic E-state index is 12.4. The lowest BCUT2D eigenvalue weighted by Gasteiger charge is -2.07. The van der Waals surface area contributed by atoms with Gasteiger partial charge in [-0.25, -0.2) is 18.2 Å². The molecule has 148 valence electrons. The number of sulfonamides is 1. The lowest BCUT2D eigenvalue weighted by Crippen LogP contribution is -2.29. The minimum atomic E-state index is -3.70. The Morgan fingerprint density at radius 3 is 2.71 bits per heavy atom. The highest BCUT2D eigenvalue weighted by Gasteiger charge is 2.16. The van der Waals surface area contributed by atoms with E-state index in [4.69, 9.17) is 4.74 Å². The van der Waals surface area contributed by atoms with E-state index in [0.717, 1.165) is 11.1 Å². The molecule has 0 radical (unpaired) electrons. The molecule has 3 rings (SSSR count). The minimum absolute atomic E-state index is 0.168. The Balaban J connectivity index is 1.68. The van der Waals surface area contributed by atoms with Gasteiger partial charge >= 0.3 is 6.03 Å². The van der Waals surface area contributed by atoms with Crippen molar-refractivity contribution in [3.63, 3.8) is 0 Å². The van der Waals surface area contributed by atoms with Crippen LogP contribution >= 0.6 is 11.3 Å². The molecule has 8 nitrogen and oxygen atoms in total. The minimum Gasteiger partial charge on any atom is -0.385 e. The van der Waals surface area contributed by atoms with Crippen LogP contribution in [0.1, 0.15) is 6.42 Å². The maximum atomic E-state index is 12.4. The fourth-order valence-electron chi connectivity index (χ4n) is 2.42. The molecule has 1 aromatic heterocycles. The Kier molecular flexibility index (Phi) is 6.45. The van der Waals surface area contributed by atoms with Crippen molar-refractivity contribution in [3.05, 3.63) is 48.5 Å². The molecule has 10 heteroatoms. The molecule has 0 aliphatic carbocycles. The van der Waals surface area contributed by atoms with Crippen LogP contribution < -0.4 is 15.4 Å². The number of carbonyl (C=O) groups excluding carboxylic acids is 1. The number of fused-ring (bicyclic) bond motifs is 1. The van der Waals surface area contributed by atoms with Crippen molar-refractivity contribution in [3.8, 4) is 0 Å². The number of hydrogen-bond donors (Lipinski definition) is 3. The predicted molar refractivity (Wildman–Crippen MR) is 110 cm³/mol. The molecule has 2 aromatic carbocycles. The van der Waals surface area contributed by atoms with E-state index >= 15 is 0 Å². The predicted octanol–water partition coefficient (Wildman–Crippen LogP) is 3.26. The molecule has 0 fully saturated rings. The standard InChI is InChI=1S/C18H20N4O4S2/c1-26-11-5-10-19-17(23)20-13-8-9-16-15(12-13)21-18(27-16)22-28(24,25)14-6-3-2-4-7-14/h2-4,6-9,12H,5,10-11H2,1H3,(H,21,22)(H2,19,20,23). The van der Waals surface area contributed by atoms with Crippen LogP contribution in [-0.2, 0) is 14.8 Å². The number of anilines is 2. The summed E-state index contributed by atoms with van der Waals surface area (Å²) in [4.78, 5) is 16.4. The molecule has 1 heterocycles. The number of benzene rings is 2. The zero-order valence-corrected chi connectivity index (χ0v) is 16.8. The van der Waals surface area contributed by atoms with E-state index < -0.39 is 10.0 Å². The second-order valence-corrected chi connectivity index (χ2v) is 8.56. The largest absolute Gasteiger partial charge is 0.385 e. The van der Waals surface area contributed by atoms with Crippen molar-refractivity contribution in [1.29, 1.82) is 0 Å². The van der Waals surface area contributed by atoms with Gasteiger partial charge in [0.1, 0.15) is 0 Å². The van der Waals surface area contributed by atoms with Crippen molar-refractivity contribution >= 4 is 48.4 Å². The lowest BCUT2D eigenvalue weighted by molar-refractivity contribution is 0.194. The van der Waals surface area contributed by atoms with Crippen molar-refractivity contribution < 1.29 is 17.9 Å². The summed E-state index contributed by atoms with van der Waals surface area (Å²) in [5.74, 6) is 0. The molecule has 0 aliphatic heterocycles. The smallest absolute Gasteiger partial charge is 0.319 e. The number of amides is 2. The summed E-state index contributed by atoms with van der Waals surface area (Å²) >= 11 is 1.22. The normalized spacial score (nSPS) is 11.3. The number of urea groups is 1. The number of rotatable bonds is 8. The number of ether oxygens (including phenoxy) is 1. The third-order valence-electron chi connectivity index (χ3n) is 3.73. The Labute approximate surface area is 167 Å². The molecule has 0 saturated carbocycles. The molecule has 28 heavy (non-hydrogen) atoms. The Morgan fingerprint density at radius 1 is 1.18 bits per heavy atom. The second-order valence-electron chi connectivity index (χ2n) is 5.85. The zero-order valence-electron chi connectivity index (χ0n) is 15.1. The molecule has 0 spiro atoms. The van der Waals surface area contributed by atoms with E-state index in [2.05, 4.69) is 20.3 Å². The average molecular weight is 421 g/mol. The summed E-state index contributed by atoms with van der Waals surface area (Å²) in [5.41, 5.74) is 1.16. The van der Waals surface area contributed by atoms with E-state index in [9.17, 15) is 13.2 Å². The van der Waals surface area contributed by atoms with Gasteiger partial charge in [0, 0.05) is 25.9 Å². The van der Waals surface area contributed by atoms with E-state index in [0.29, 0.717) is 24.4 Å². The van der Waals surface area contributed by atoms with Gasteiger partial charge in [-0.05, 0) is 36.8 Å². The number of methoxy groups -OCH3 is 1. The highest BCUT2D eigenvalue weighted by atomic mass is 32.2. The van der Waals surface area contributed by atoms with Crippen LogP contribution in [0, 0.1) is 0 Å². The first-order chi connectivity index (χ1) is 13.5. The van der Waals surface area contributed by atoms with Crippen LogP contribution in [0.4, 0.5) is 15.6 Å². The number of aromatic nitrogens is 1. The molecule has 0 bridgehead atoms. The van der Waals surface area contributed by atoms with Gasteiger partial charge < -0.3 is 15.4 Å². The summed E-state index contributed by atoms with van der Waals surface area (Å²) in [7, 11) is -2.09. The summed E-state index contributed by atoms with van der Waals surface area (Å²) in [6, 6.07) is 13.0.